The van der Waals surface area contributed by atoms with Gasteiger partial charge in [-0.05, 0) is 61.9 Å². The zero-order valence-corrected chi connectivity index (χ0v) is 19.9. The highest BCUT2D eigenvalue weighted by Gasteiger charge is 2.26. The van der Waals surface area contributed by atoms with Crippen molar-refractivity contribution >= 4 is 17.2 Å². The lowest BCUT2D eigenvalue weighted by Crippen LogP contribution is -2.38. The van der Waals surface area contributed by atoms with Crippen molar-refractivity contribution in [3.63, 3.8) is 0 Å². The van der Waals surface area contributed by atoms with E-state index in [0.717, 1.165) is 42.0 Å². The molecule has 0 saturated heterocycles. The molecule has 1 fully saturated rings. The van der Waals surface area contributed by atoms with Gasteiger partial charge in [0.1, 0.15) is 5.75 Å². The molecule has 1 aliphatic rings. The number of hydrogen-bond acceptors (Lipinski definition) is 4. The summed E-state index contributed by atoms with van der Waals surface area (Å²) in [5.41, 5.74) is 3.23. The van der Waals surface area contributed by atoms with Gasteiger partial charge >= 0.3 is 0 Å². The van der Waals surface area contributed by atoms with E-state index >= 15 is 0 Å². The lowest BCUT2D eigenvalue weighted by atomic mass is 10.1. The SMILES string of the molecule is Cc1cc(C)n(CCC(=O)N(Cc2cccc(OCCc3cccs3)c2)C2CCCC2)n1. The summed E-state index contributed by atoms with van der Waals surface area (Å²) in [4.78, 5) is 16.7. The standard InChI is InChI=1S/C26H33N3O2S/c1-20-17-21(2)29(27-20)14-12-26(30)28(23-8-3-4-9-23)19-22-7-5-10-24(18-22)31-15-13-25-11-6-16-32-25/h5-7,10-11,16-18,23H,3-4,8-9,12-15,19H2,1-2H3. The van der Waals surface area contributed by atoms with Gasteiger partial charge in [-0.15, -0.1) is 11.3 Å². The second kappa shape index (κ2) is 10.8. The summed E-state index contributed by atoms with van der Waals surface area (Å²) in [7, 11) is 0. The number of hydrogen-bond donors (Lipinski definition) is 0. The van der Waals surface area contributed by atoms with Crippen molar-refractivity contribution in [3.8, 4) is 5.75 Å². The van der Waals surface area contributed by atoms with Crippen LogP contribution < -0.4 is 4.74 Å². The average molecular weight is 452 g/mol. The summed E-state index contributed by atoms with van der Waals surface area (Å²) < 4.78 is 7.95. The van der Waals surface area contributed by atoms with E-state index in [9.17, 15) is 4.79 Å². The Bertz CT molecular complexity index is 1010. The van der Waals surface area contributed by atoms with E-state index in [4.69, 9.17) is 4.74 Å². The van der Waals surface area contributed by atoms with E-state index < -0.39 is 0 Å². The number of aryl methyl sites for hydroxylation is 3. The van der Waals surface area contributed by atoms with E-state index in [2.05, 4.69) is 45.7 Å². The van der Waals surface area contributed by atoms with Crippen LogP contribution in [-0.2, 0) is 24.3 Å². The fourth-order valence-electron chi connectivity index (χ4n) is 4.54. The van der Waals surface area contributed by atoms with Crippen molar-refractivity contribution in [2.75, 3.05) is 6.61 Å². The minimum Gasteiger partial charge on any atom is -0.493 e. The Morgan fingerprint density at radius 3 is 2.75 bits per heavy atom. The first kappa shape index (κ1) is 22.6. The van der Waals surface area contributed by atoms with Crippen LogP contribution in [0.1, 0.15) is 53.9 Å². The first-order valence-corrected chi connectivity index (χ1v) is 12.5. The summed E-state index contributed by atoms with van der Waals surface area (Å²) in [6, 6.07) is 14.8. The Kier molecular flexibility index (Phi) is 7.63. The number of thiophene rings is 1. The van der Waals surface area contributed by atoms with Gasteiger partial charge in [0.15, 0.2) is 0 Å². The number of nitrogens with zero attached hydrogens (tertiary/aromatic N) is 3. The molecule has 0 bridgehead atoms. The normalized spacial score (nSPS) is 14.1. The number of amides is 1. The number of ether oxygens (including phenoxy) is 1. The first-order chi connectivity index (χ1) is 15.6. The van der Waals surface area contributed by atoms with E-state index in [1.807, 2.05) is 30.7 Å². The van der Waals surface area contributed by atoms with E-state index in [1.54, 1.807) is 11.3 Å². The smallest absolute Gasteiger partial charge is 0.224 e. The molecule has 1 saturated carbocycles. The van der Waals surface area contributed by atoms with Crippen molar-refractivity contribution in [3.05, 3.63) is 69.7 Å². The van der Waals surface area contributed by atoms with Gasteiger partial charge in [-0.3, -0.25) is 9.48 Å². The molecule has 0 unspecified atom stereocenters. The summed E-state index contributed by atoms with van der Waals surface area (Å²) in [6.45, 7) is 5.98. The fraction of sp³-hybridized carbons (Fsp3) is 0.462. The summed E-state index contributed by atoms with van der Waals surface area (Å²) >= 11 is 1.76. The van der Waals surface area contributed by atoms with E-state index in [1.165, 1.54) is 17.7 Å². The Hall–Kier alpha value is -2.60. The molecule has 0 N–H and O–H groups in total. The Morgan fingerprint density at radius 2 is 2.03 bits per heavy atom. The third-order valence-electron chi connectivity index (χ3n) is 6.18. The van der Waals surface area contributed by atoms with Gasteiger partial charge in [-0.1, -0.05) is 31.0 Å². The quantitative estimate of drug-likeness (QED) is 0.406. The summed E-state index contributed by atoms with van der Waals surface area (Å²) in [5.74, 6) is 1.09. The van der Waals surface area contributed by atoms with Gasteiger partial charge in [0.25, 0.3) is 0 Å². The largest absolute Gasteiger partial charge is 0.493 e. The lowest BCUT2D eigenvalue weighted by Gasteiger charge is -2.29. The third kappa shape index (κ3) is 6.00. The van der Waals surface area contributed by atoms with Crippen LogP contribution in [0.5, 0.6) is 5.75 Å². The highest BCUT2D eigenvalue weighted by molar-refractivity contribution is 7.09. The molecule has 1 aromatic carbocycles. The fourth-order valence-corrected chi connectivity index (χ4v) is 5.23. The first-order valence-electron chi connectivity index (χ1n) is 11.6. The van der Waals surface area contributed by atoms with Crippen LogP contribution >= 0.6 is 11.3 Å². The number of carbonyl (C=O) groups is 1. The van der Waals surface area contributed by atoms with Gasteiger partial charge in [-0.25, -0.2) is 0 Å². The lowest BCUT2D eigenvalue weighted by molar-refractivity contribution is -0.134. The number of benzene rings is 1. The predicted molar refractivity (Wildman–Crippen MR) is 129 cm³/mol. The Morgan fingerprint density at radius 1 is 1.19 bits per heavy atom. The molecule has 2 aromatic heterocycles. The molecule has 0 radical (unpaired) electrons. The molecular formula is C26H33N3O2S. The summed E-state index contributed by atoms with van der Waals surface area (Å²) in [5, 5.41) is 6.61. The second-order valence-electron chi connectivity index (χ2n) is 8.69. The second-order valence-corrected chi connectivity index (χ2v) is 9.72. The number of rotatable bonds is 10. The van der Waals surface area contributed by atoms with Gasteiger partial charge < -0.3 is 9.64 Å². The summed E-state index contributed by atoms with van der Waals surface area (Å²) in [6.07, 6.45) is 6.01. The third-order valence-corrected chi connectivity index (χ3v) is 7.11. The molecule has 4 rings (SSSR count). The molecule has 170 valence electrons. The number of aromatic nitrogens is 2. The van der Waals surface area contributed by atoms with Crippen LogP contribution in [-0.4, -0.2) is 33.2 Å². The zero-order valence-electron chi connectivity index (χ0n) is 19.1. The van der Waals surface area contributed by atoms with Crippen molar-refractivity contribution in [2.45, 2.75) is 71.5 Å². The monoisotopic (exact) mass is 451 g/mol. The highest BCUT2D eigenvalue weighted by atomic mass is 32.1. The maximum Gasteiger partial charge on any atom is 0.224 e. The maximum absolute atomic E-state index is 13.3. The molecule has 0 atom stereocenters. The van der Waals surface area contributed by atoms with E-state index in [-0.39, 0.29) is 5.91 Å². The minimum absolute atomic E-state index is 0.216. The molecule has 0 aliphatic heterocycles. The van der Waals surface area contributed by atoms with Crippen LogP contribution in [0.3, 0.4) is 0 Å². The molecule has 6 heteroatoms. The van der Waals surface area contributed by atoms with Crippen molar-refractivity contribution in [1.82, 2.24) is 14.7 Å². The molecule has 1 amide bonds. The zero-order chi connectivity index (χ0) is 22.3. The molecule has 32 heavy (non-hydrogen) atoms. The minimum atomic E-state index is 0.216. The van der Waals surface area contributed by atoms with Crippen LogP contribution in [0.15, 0.2) is 47.8 Å². The Labute approximate surface area is 195 Å². The highest BCUT2D eigenvalue weighted by Crippen LogP contribution is 2.27. The van der Waals surface area contributed by atoms with Crippen molar-refractivity contribution in [2.24, 2.45) is 0 Å². The van der Waals surface area contributed by atoms with E-state index in [0.29, 0.717) is 32.2 Å². The van der Waals surface area contributed by atoms with Crippen LogP contribution in [0.4, 0.5) is 0 Å². The van der Waals surface area contributed by atoms with Crippen molar-refractivity contribution < 1.29 is 9.53 Å². The molecule has 5 nitrogen and oxygen atoms in total. The van der Waals surface area contributed by atoms with Crippen molar-refractivity contribution in [1.29, 1.82) is 0 Å². The number of carbonyl (C=O) groups excluding carboxylic acids is 1. The molecule has 2 heterocycles. The van der Waals surface area contributed by atoms with Crippen LogP contribution in [0, 0.1) is 13.8 Å². The van der Waals surface area contributed by atoms with Gasteiger partial charge in [0.05, 0.1) is 12.3 Å². The van der Waals surface area contributed by atoms with Gasteiger partial charge in [0, 0.05) is 42.5 Å². The topological polar surface area (TPSA) is 47.4 Å². The molecular weight excluding hydrogens is 418 g/mol. The van der Waals surface area contributed by atoms with Gasteiger partial charge in [0.2, 0.25) is 5.91 Å². The van der Waals surface area contributed by atoms with Crippen LogP contribution in [0.2, 0.25) is 0 Å². The molecule has 3 aromatic rings. The predicted octanol–water partition coefficient (Wildman–Crippen LogP) is 5.54. The Balaban J connectivity index is 1.38. The average Bonchev–Trinajstić information content (AvgIpc) is 3.54. The molecule has 0 spiro atoms. The molecule has 1 aliphatic carbocycles. The van der Waals surface area contributed by atoms with Gasteiger partial charge in [-0.2, -0.15) is 5.10 Å². The maximum atomic E-state index is 13.3. The van der Waals surface area contributed by atoms with Crippen LogP contribution in [0.25, 0.3) is 0 Å².